The van der Waals surface area contributed by atoms with Crippen molar-refractivity contribution in [3.05, 3.63) is 29.5 Å². The van der Waals surface area contributed by atoms with Crippen LogP contribution in [0.5, 0.6) is 5.75 Å². The van der Waals surface area contributed by atoms with Gasteiger partial charge in [0.1, 0.15) is 5.75 Å². The molecule has 19 heavy (non-hydrogen) atoms. The summed E-state index contributed by atoms with van der Waals surface area (Å²) in [6.07, 6.45) is -0.117. The fourth-order valence-corrected chi connectivity index (χ4v) is 1.98. The lowest BCUT2D eigenvalue weighted by Gasteiger charge is -2.03. The van der Waals surface area contributed by atoms with Crippen molar-refractivity contribution in [2.75, 3.05) is 6.54 Å². The number of phenolic OH excluding ortho intramolecular Hbond substituents is 1. The van der Waals surface area contributed by atoms with Gasteiger partial charge in [-0.15, -0.1) is 0 Å². The number of aromatic nitrogens is 1. The van der Waals surface area contributed by atoms with Crippen LogP contribution in [0, 0.1) is 6.92 Å². The molecule has 0 bridgehead atoms. The molecule has 0 aliphatic heterocycles. The maximum Gasteiger partial charge on any atom is 0.305 e. The van der Waals surface area contributed by atoms with Crippen LogP contribution in [0.3, 0.4) is 0 Å². The lowest BCUT2D eigenvalue weighted by molar-refractivity contribution is -0.136. The number of rotatable bonds is 4. The minimum atomic E-state index is -0.958. The van der Waals surface area contributed by atoms with Gasteiger partial charge in [-0.05, 0) is 19.1 Å². The number of carboxylic acids is 1. The van der Waals surface area contributed by atoms with Crippen molar-refractivity contribution in [2.24, 2.45) is 0 Å². The molecule has 0 spiro atoms. The van der Waals surface area contributed by atoms with Gasteiger partial charge >= 0.3 is 5.97 Å². The number of aromatic amines is 1. The van der Waals surface area contributed by atoms with Crippen LogP contribution in [-0.2, 0) is 4.79 Å². The van der Waals surface area contributed by atoms with Crippen molar-refractivity contribution in [1.82, 2.24) is 10.3 Å². The average molecular weight is 262 g/mol. The van der Waals surface area contributed by atoms with Crippen molar-refractivity contribution in [1.29, 1.82) is 0 Å². The van der Waals surface area contributed by atoms with Gasteiger partial charge in [-0.25, -0.2) is 0 Å². The number of amides is 1. The molecule has 0 saturated heterocycles. The summed E-state index contributed by atoms with van der Waals surface area (Å²) in [6.45, 7) is 1.83. The molecule has 1 amide bonds. The number of hydrogen-bond donors (Lipinski definition) is 4. The number of nitrogens with one attached hydrogen (secondary N) is 2. The average Bonchev–Trinajstić information content (AvgIpc) is 2.63. The minimum Gasteiger partial charge on any atom is -0.508 e. The van der Waals surface area contributed by atoms with Gasteiger partial charge < -0.3 is 20.5 Å². The van der Waals surface area contributed by atoms with E-state index < -0.39 is 5.97 Å². The number of fused-ring (bicyclic) bond motifs is 1. The summed E-state index contributed by atoms with van der Waals surface area (Å²) in [6, 6.07) is 4.69. The summed E-state index contributed by atoms with van der Waals surface area (Å²) in [5.74, 6) is -1.16. The van der Waals surface area contributed by atoms with Crippen LogP contribution in [0.1, 0.15) is 22.5 Å². The number of benzene rings is 1. The molecule has 6 heteroatoms. The van der Waals surface area contributed by atoms with E-state index >= 15 is 0 Å². The van der Waals surface area contributed by atoms with E-state index in [0.29, 0.717) is 22.2 Å². The Balaban J connectivity index is 2.26. The molecular formula is C13H14N2O4. The fraction of sp³-hybridized carbons (Fsp3) is 0.231. The number of carbonyl (C=O) groups is 2. The van der Waals surface area contributed by atoms with Gasteiger partial charge in [-0.3, -0.25) is 9.59 Å². The van der Waals surface area contributed by atoms with E-state index in [1.807, 2.05) is 0 Å². The summed E-state index contributed by atoms with van der Waals surface area (Å²) in [5, 5.41) is 21.2. The second-order valence-corrected chi connectivity index (χ2v) is 4.25. The molecule has 1 aromatic heterocycles. The van der Waals surface area contributed by atoms with E-state index in [0.717, 1.165) is 0 Å². The van der Waals surface area contributed by atoms with Gasteiger partial charge in [0.25, 0.3) is 5.91 Å². The SMILES string of the molecule is Cc1[nH]c2cc(O)ccc2c1C(=O)NCCC(=O)O. The zero-order valence-corrected chi connectivity index (χ0v) is 10.4. The maximum atomic E-state index is 12.0. The molecule has 0 unspecified atom stereocenters. The molecular weight excluding hydrogens is 248 g/mol. The van der Waals surface area contributed by atoms with E-state index in [9.17, 15) is 14.7 Å². The first-order chi connectivity index (χ1) is 8.99. The molecule has 6 nitrogen and oxygen atoms in total. The highest BCUT2D eigenvalue weighted by molar-refractivity contribution is 6.08. The number of aryl methyl sites for hydroxylation is 1. The van der Waals surface area contributed by atoms with Gasteiger partial charge in [0.05, 0.1) is 17.5 Å². The standard InChI is InChI=1S/C13H14N2O4/c1-7-12(13(19)14-5-4-11(17)18)9-3-2-8(16)6-10(9)15-7/h2-3,6,15-16H,4-5H2,1H3,(H,14,19)(H,17,18). The van der Waals surface area contributed by atoms with Crippen LogP contribution in [0.2, 0.25) is 0 Å². The van der Waals surface area contributed by atoms with E-state index in [1.54, 1.807) is 13.0 Å². The largest absolute Gasteiger partial charge is 0.508 e. The Hall–Kier alpha value is -2.50. The van der Waals surface area contributed by atoms with Crippen LogP contribution in [0.25, 0.3) is 10.9 Å². The highest BCUT2D eigenvalue weighted by Gasteiger charge is 2.16. The Kier molecular flexibility index (Phi) is 3.41. The number of phenols is 1. The monoisotopic (exact) mass is 262 g/mol. The van der Waals surface area contributed by atoms with Crippen molar-refractivity contribution >= 4 is 22.8 Å². The molecule has 0 aliphatic carbocycles. The molecule has 0 atom stereocenters. The van der Waals surface area contributed by atoms with Crippen molar-refractivity contribution in [3.8, 4) is 5.75 Å². The Labute approximate surface area is 109 Å². The minimum absolute atomic E-state index is 0.0817. The van der Waals surface area contributed by atoms with Gasteiger partial charge in [0, 0.05) is 23.7 Å². The van der Waals surface area contributed by atoms with Crippen molar-refractivity contribution in [2.45, 2.75) is 13.3 Å². The van der Waals surface area contributed by atoms with Gasteiger partial charge in [0.15, 0.2) is 0 Å². The Morgan fingerprint density at radius 3 is 2.79 bits per heavy atom. The predicted molar refractivity (Wildman–Crippen MR) is 69.3 cm³/mol. The molecule has 0 aliphatic rings. The van der Waals surface area contributed by atoms with E-state index in [-0.39, 0.29) is 24.6 Å². The number of H-pyrrole nitrogens is 1. The van der Waals surface area contributed by atoms with Crippen LogP contribution in [0.15, 0.2) is 18.2 Å². The van der Waals surface area contributed by atoms with E-state index in [2.05, 4.69) is 10.3 Å². The first-order valence-corrected chi connectivity index (χ1v) is 5.80. The van der Waals surface area contributed by atoms with Gasteiger partial charge in [-0.2, -0.15) is 0 Å². The van der Waals surface area contributed by atoms with E-state index in [4.69, 9.17) is 5.11 Å². The molecule has 0 radical (unpaired) electrons. The van der Waals surface area contributed by atoms with Crippen molar-refractivity contribution < 1.29 is 19.8 Å². The highest BCUT2D eigenvalue weighted by Crippen LogP contribution is 2.25. The Morgan fingerprint density at radius 2 is 2.11 bits per heavy atom. The van der Waals surface area contributed by atoms with Gasteiger partial charge in [-0.1, -0.05) is 0 Å². The summed E-state index contributed by atoms with van der Waals surface area (Å²) in [5.41, 5.74) is 1.81. The highest BCUT2D eigenvalue weighted by atomic mass is 16.4. The zero-order chi connectivity index (χ0) is 14.0. The Bertz CT molecular complexity index is 645. The normalized spacial score (nSPS) is 10.6. The van der Waals surface area contributed by atoms with Crippen LogP contribution in [0.4, 0.5) is 0 Å². The van der Waals surface area contributed by atoms with E-state index in [1.165, 1.54) is 12.1 Å². The summed E-state index contributed by atoms with van der Waals surface area (Å²) < 4.78 is 0. The first-order valence-electron chi connectivity index (χ1n) is 5.80. The third-order valence-electron chi connectivity index (χ3n) is 2.82. The number of hydrogen-bond acceptors (Lipinski definition) is 3. The molecule has 2 aromatic rings. The molecule has 1 heterocycles. The van der Waals surface area contributed by atoms with Crippen LogP contribution < -0.4 is 5.32 Å². The van der Waals surface area contributed by atoms with Crippen LogP contribution >= 0.6 is 0 Å². The zero-order valence-electron chi connectivity index (χ0n) is 10.4. The van der Waals surface area contributed by atoms with Crippen molar-refractivity contribution in [3.63, 3.8) is 0 Å². The molecule has 4 N–H and O–H groups in total. The molecule has 0 saturated carbocycles. The topological polar surface area (TPSA) is 102 Å². The Morgan fingerprint density at radius 1 is 1.37 bits per heavy atom. The third-order valence-corrected chi connectivity index (χ3v) is 2.82. The number of aliphatic carboxylic acids is 1. The second-order valence-electron chi connectivity index (χ2n) is 4.25. The van der Waals surface area contributed by atoms with Gasteiger partial charge in [0.2, 0.25) is 0 Å². The number of carboxylic acid groups (broad SMARTS) is 1. The third kappa shape index (κ3) is 2.67. The lowest BCUT2D eigenvalue weighted by atomic mass is 10.1. The smallest absolute Gasteiger partial charge is 0.305 e. The van der Waals surface area contributed by atoms with Crippen LogP contribution in [-0.4, -0.2) is 33.6 Å². The fourth-order valence-electron chi connectivity index (χ4n) is 1.98. The molecule has 100 valence electrons. The lowest BCUT2D eigenvalue weighted by Crippen LogP contribution is -2.26. The number of carbonyl (C=O) groups excluding carboxylic acids is 1. The maximum absolute atomic E-state index is 12.0. The summed E-state index contributed by atoms with van der Waals surface area (Å²) in [7, 11) is 0. The molecule has 2 rings (SSSR count). The summed E-state index contributed by atoms with van der Waals surface area (Å²) in [4.78, 5) is 25.4. The second kappa shape index (κ2) is 5.01. The predicted octanol–water partition coefficient (Wildman–Crippen LogP) is 1.39. The molecule has 1 aromatic carbocycles. The first kappa shape index (κ1) is 12.9. The quantitative estimate of drug-likeness (QED) is 0.668. The molecule has 0 fully saturated rings. The summed E-state index contributed by atoms with van der Waals surface area (Å²) >= 11 is 0. The number of aromatic hydroxyl groups is 1.